The zero-order chi connectivity index (χ0) is 18.0. The Morgan fingerprint density at radius 3 is 2.68 bits per heavy atom. The van der Waals surface area contributed by atoms with E-state index in [9.17, 15) is 4.79 Å². The highest BCUT2D eigenvalue weighted by Gasteiger charge is 2.33. The molecule has 0 radical (unpaired) electrons. The molecule has 1 saturated carbocycles. The minimum absolute atomic E-state index is 0.0609. The van der Waals surface area contributed by atoms with E-state index in [0.717, 1.165) is 19.5 Å². The van der Waals surface area contributed by atoms with Crippen molar-refractivity contribution in [3.63, 3.8) is 0 Å². The van der Waals surface area contributed by atoms with Crippen molar-refractivity contribution in [1.29, 1.82) is 0 Å². The zero-order valence-electron chi connectivity index (χ0n) is 15.1. The van der Waals surface area contributed by atoms with Crippen molar-refractivity contribution in [3.8, 4) is 5.75 Å². The lowest BCUT2D eigenvalue weighted by atomic mass is 9.94. The van der Waals surface area contributed by atoms with Crippen LogP contribution in [-0.2, 0) is 0 Å². The van der Waals surface area contributed by atoms with Crippen molar-refractivity contribution in [2.75, 3.05) is 33.0 Å². The predicted molar refractivity (Wildman–Crippen MR) is 101 cm³/mol. The second kappa shape index (κ2) is 7.83. The maximum Gasteiger partial charge on any atom is 0.257 e. The number of hydrogen-bond donors (Lipinski definition) is 1. The second-order valence-electron chi connectivity index (χ2n) is 7.22. The van der Waals surface area contributed by atoms with Crippen molar-refractivity contribution < 1.29 is 9.53 Å². The van der Waals surface area contributed by atoms with Gasteiger partial charge in [0.2, 0.25) is 0 Å². The van der Waals surface area contributed by atoms with Crippen LogP contribution in [0.15, 0.2) is 12.1 Å². The molecule has 0 aromatic heterocycles. The molecule has 1 unspecified atom stereocenters. The van der Waals surface area contributed by atoms with Gasteiger partial charge in [-0.3, -0.25) is 9.69 Å². The zero-order valence-corrected chi connectivity index (χ0v) is 15.9. The Kier molecular flexibility index (Phi) is 5.74. The highest BCUT2D eigenvalue weighted by Crippen LogP contribution is 2.31. The van der Waals surface area contributed by atoms with Crippen LogP contribution in [0, 0.1) is 0 Å². The number of nitrogens with zero attached hydrogens (tertiary/aromatic N) is 2. The number of rotatable bonds is 4. The van der Waals surface area contributed by atoms with E-state index in [1.54, 1.807) is 19.2 Å². The monoisotopic (exact) mass is 365 g/mol. The lowest BCUT2D eigenvalue weighted by Crippen LogP contribution is -2.41. The molecule has 1 aromatic carbocycles. The number of halogens is 1. The molecule has 138 valence electrons. The van der Waals surface area contributed by atoms with Gasteiger partial charge in [0.05, 0.1) is 23.4 Å². The first-order chi connectivity index (χ1) is 12.0. The minimum atomic E-state index is -0.0609. The third-order valence-corrected chi connectivity index (χ3v) is 6.03. The fourth-order valence-electron chi connectivity index (χ4n) is 4.12. The Balaban J connectivity index is 1.70. The van der Waals surface area contributed by atoms with E-state index in [2.05, 4.69) is 4.90 Å². The Morgan fingerprint density at radius 1 is 1.28 bits per heavy atom. The Bertz CT molecular complexity index is 631. The predicted octanol–water partition coefficient (Wildman–Crippen LogP) is 3.41. The van der Waals surface area contributed by atoms with Crippen LogP contribution in [0.4, 0.5) is 5.69 Å². The summed E-state index contributed by atoms with van der Waals surface area (Å²) >= 11 is 6.12. The fraction of sp³-hybridized carbons (Fsp3) is 0.632. The van der Waals surface area contributed by atoms with Gasteiger partial charge in [-0.1, -0.05) is 30.9 Å². The van der Waals surface area contributed by atoms with Crippen molar-refractivity contribution in [3.05, 3.63) is 22.7 Å². The van der Waals surface area contributed by atoms with E-state index in [1.165, 1.54) is 32.1 Å². The van der Waals surface area contributed by atoms with Gasteiger partial charge < -0.3 is 15.4 Å². The Labute approximate surface area is 155 Å². The van der Waals surface area contributed by atoms with Crippen LogP contribution in [0.2, 0.25) is 5.02 Å². The molecule has 1 amide bonds. The number of hydrogen-bond acceptors (Lipinski definition) is 4. The van der Waals surface area contributed by atoms with E-state index >= 15 is 0 Å². The van der Waals surface area contributed by atoms with E-state index in [-0.39, 0.29) is 11.9 Å². The van der Waals surface area contributed by atoms with Gasteiger partial charge in [0.15, 0.2) is 0 Å². The molecule has 2 N–H and O–H groups in total. The van der Waals surface area contributed by atoms with E-state index in [4.69, 9.17) is 22.1 Å². The summed E-state index contributed by atoms with van der Waals surface area (Å²) in [6.45, 7) is 2.03. The number of nitrogens with two attached hydrogens (primary N) is 1. The topological polar surface area (TPSA) is 58.8 Å². The molecule has 5 nitrogen and oxygen atoms in total. The van der Waals surface area contributed by atoms with Crippen molar-refractivity contribution in [2.45, 2.75) is 50.6 Å². The standard InChI is InChI=1S/C19H28ClN3O2/c1-22(14-8-9-23(12-14)13-6-4-3-5-7-13)19(24)15-10-16(20)17(21)11-18(15)25-2/h10-11,13-14H,3-9,12,21H2,1-2H3. The SMILES string of the molecule is COc1cc(N)c(Cl)cc1C(=O)N(C)C1CCN(C2CCCCC2)C1. The van der Waals surface area contributed by atoms with Crippen molar-refractivity contribution in [1.82, 2.24) is 9.80 Å². The first-order valence-corrected chi connectivity index (χ1v) is 9.53. The number of methoxy groups -OCH3 is 1. The van der Waals surface area contributed by atoms with Crippen LogP contribution in [0.25, 0.3) is 0 Å². The third-order valence-electron chi connectivity index (χ3n) is 5.70. The summed E-state index contributed by atoms with van der Waals surface area (Å²) < 4.78 is 5.33. The summed E-state index contributed by atoms with van der Waals surface area (Å²) in [5.41, 5.74) is 6.71. The number of amides is 1. The molecule has 0 spiro atoms. The van der Waals surface area contributed by atoms with Crippen LogP contribution in [-0.4, -0.2) is 55.0 Å². The quantitative estimate of drug-likeness (QED) is 0.831. The molecular weight excluding hydrogens is 338 g/mol. The van der Waals surface area contributed by atoms with Gasteiger partial charge in [0.25, 0.3) is 5.91 Å². The molecular formula is C19H28ClN3O2. The van der Waals surface area contributed by atoms with Gasteiger partial charge >= 0.3 is 0 Å². The number of anilines is 1. The lowest BCUT2D eigenvalue weighted by Gasteiger charge is -2.32. The molecule has 2 aliphatic rings. The highest BCUT2D eigenvalue weighted by atomic mass is 35.5. The van der Waals surface area contributed by atoms with Crippen LogP contribution in [0.3, 0.4) is 0 Å². The fourth-order valence-corrected chi connectivity index (χ4v) is 4.29. The molecule has 1 atom stereocenters. The molecule has 6 heteroatoms. The first kappa shape index (κ1) is 18.3. The Morgan fingerprint density at radius 2 is 2.00 bits per heavy atom. The first-order valence-electron chi connectivity index (χ1n) is 9.15. The lowest BCUT2D eigenvalue weighted by molar-refractivity contribution is 0.0723. The molecule has 3 rings (SSSR count). The molecule has 1 heterocycles. The summed E-state index contributed by atoms with van der Waals surface area (Å²) in [6.07, 6.45) is 7.65. The maximum absolute atomic E-state index is 13.0. The van der Waals surface area contributed by atoms with Gasteiger partial charge in [-0.05, 0) is 25.3 Å². The molecule has 1 aliphatic heterocycles. The van der Waals surface area contributed by atoms with Gasteiger partial charge in [0.1, 0.15) is 5.75 Å². The highest BCUT2D eigenvalue weighted by molar-refractivity contribution is 6.33. The van der Waals surface area contributed by atoms with Gasteiger partial charge in [-0.2, -0.15) is 0 Å². The molecule has 25 heavy (non-hydrogen) atoms. The normalized spacial score (nSPS) is 22.1. The average molecular weight is 366 g/mol. The average Bonchev–Trinajstić information content (AvgIpc) is 3.13. The largest absolute Gasteiger partial charge is 0.496 e. The second-order valence-corrected chi connectivity index (χ2v) is 7.63. The van der Waals surface area contributed by atoms with Crippen molar-refractivity contribution in [2.24, 2.45) is 0 Å². The van der Waals surface area contributed by atoms with Crippen LogP contribution >= 0.6 is 11.6 Å². The molecule has 2 fully saturated rings. The minimum Gasteiger partial charge on any atom is -0.496 e. The molecule has 1 aromatic rings. The number of ether oxygens (including phenoxy) is 1. The van der Waals surface area contributed by atoms with E-state index in [1.807, 2.05) is 11.9 Å². The number of likely N-dealkylation sites (N-methyl/N-ethyl adjacent to an activating group) is 1. The summed E-state index contributed by atoms with van der Waals surface area (Å²) in [6, 6.07) is 4.16. The third kappa shape index (κ3) is 3.87. The van der Waals surface area contributed by atoms with Crippen LogP contribution < -0.4 is 10.5 Å². The number of carbonyl (C=O) groups excluding carboxylic acids is 1. The van der Waals surface area contributed by atoms with Crippen LogP contribution in [0.5, 0.6) is 5.75 Å². The van der Waals surface area contributed by atoms with Crippen molar-refractivity contribution >= 4 is 23.2 Å². The number of nitrogen functional groups attached to an aromatic ring is 1. The summed E-state index contributed by atoms with van der Waals surface area (Å²) in [5, 5.41) is 0.382. The summed E-state index contributed by atoms with van der Waals surface area (Å²) in [5.74, 6) is 0.412. The molecule has 1 aliphatic carbocycles. The van der Waals surface area contributed by atoms with Crippen LogP contribution in [0.1, 0.15) is 48.9 Å². The number of likely N-dealkylation sites (tertiary alicyclic amines) is 1. The summed E-state index contributed by atoms with van der Waals surface area (Å²) in [4.78, 5) is 17.4. The maximum atomic E-state index is 13.0. The molecule has 0 bridgehead atoms. The van der Waals surface area contributed by atoms with Gasteiger partial charge in [-0.15, -0.1) is 0 Å². The number of carbonyl (C=O) groups is 1. The van der Waals surface area contributed by atoms with Gasteiger partial charge in [0, 0.05) is 38.3 Å². The number of benzene rings is 1. The Hall–Kier alpha value is -1.46. The molecule has 1 saturated heterocycles. The van der Waals surface area contributed by atoms with Gasteiger partial charge in [-0.25, -0.2) is 0 Å². The summed E-state index contributed by atoms with van der Waals surface area (Å²) in [7, 11) is 3.42. The smallest absolute Gasteiger partial charge is 0.257 e. The van der Waals surface area contributed by atoms with E-state index < -0.39 is 0 Å². The van der Waals surface area contributed by atoms with E-state index in [0.29, 0.717) is 28.1 Å².